The molecular formula is C42H81NO6. The fraction of sp³-hybridized carbons (Fsp3) is 0.929. The predicted octanol–water partition coefficient (Wildman–Crippen LogP) is 11.7. The Labute approximate surface area is 303 Å². The van der Waals surface area contributed by atoms with Gasteiger partial charge in [0, 0.05) is 38.9 Å². The van der Waals surface area contributed by atoms with Gasteiger partial charge in [0.1, 0.15) is 19.8 Å². The first-order valence-electron chi connectivity index (χ1n) is 21.2. The van der Waals surface area contributed by atoms with E-state index in [0.29, 0.717) is 38.9 Å². The van der Waals surface area contributed by atoms with Crippen LogP contribution in [-0.4, -0.2) is 62.3 Å². The zero-order valence-corrected chi connectivity index (χ0v) is 32.9. The van der Waals surface area contributed by atoms with Gasteiger partial charge in [-0.1, -0.05) is 175 Å². The van der Waals surface area contributed by atoms with Crippen molar-refractivity contribution in [1.82, 2.24) is 4.90 Å². The predicted molar refractivity (Wildman–Crippen MR) is 205 cm³/mol. The Morgan fingerprint density at radius 3 is 0.755 bits per heavy atom. The van der Waals surface area contributed by atoms with Gasteiger partial charge in [-0.3, -0.25) is 19.3 Å². The minimum absolute atomic E-state index is 0.150. The highest BCUT2D eigenvalue weighted by Crippen LogP contribution is 2.13. The first-order chi connectivity index (χ1) is 24.0. The highest BCUT2D eigenvalue weighted by molar-refractivity contribution is 5.69. The third kappa shape index (κ3) is 37.5. The largest absolute Gasteiger partial charge is 0.464 e. The van der Waals surface area contributed by atoms with Crippen LogP contribution in [0.1, 0.15) is 213 Å². The molecule has 0 atom stereocenters. The molecule has 0 amide bonds. The number of rotatable bonds is 39. The van der Waals surface area contributed by atoms with Gasteiger partial charge < -0.3 is 14.2 Å². The van der Waals surface area contributed by atoms with Gasteiger partial charge >= 0.3 is 17.9 Å². The van der Waals surface area contributed by atoms with Crippen LogP contribution in [0.25, 0.3) is 0 Å². The fourth-order valence-electron chi connectivity index (χ4n) is 6.16. The lowest BCUT2D eigenvalue weighted by molar-refractivity contribution is -0.144. The Kier molecular flexibility index (Phi) is 37.9. The van der Waals surface area contributed by atoms with Crippen molar-refractivity contribution in [2.24, 2.45) is 0 Å². The summed E-state index contributed by atoms with van der Waals surface area (Å²) in [6, 6.07) is 0. The molecule has 0 aromatic rings. The molecule has 0 aromatic carbocycles. The molecule has 0 aliphatic heterocycles. The van der Waals surface area contributed by atoms with E-state index in [-0.39, 0.29) is 37.7 Å². The maximum atomic E-state index is 12.3. The van der Waals surface area contributed by atoms with Crippen molar-refractivity contribution in [2.75, 3.05) is 39.5 Å². The maximum Gasteiger partial charge on any atom is 0.305 e. The van der Waals surface area contributed by atoms with Gasteiger partial charge in [-0.15, -0.1) is 0 Å². The Morgan fingerprint density at radius 2 is 0.531 bits per heavy atom. The first kappa shape index (κ1) is 47.4. The molecule has 0 fully saturated rings. The number of hydrogen-bond donors (Lipinski definition) is 0. The number of esters is 3. The zero-order valence-electron chi connectivity index (χ0n) is 32.9. The molecule has 0 bridgehead atoms. The summed E-state index contributed by atoms with van der Waals surface area (Å²) in [6.45, 7) is 9.15. The molecule has 0 rings (SSSR count). The summed E-state index contributed by atoms with van der Waals surface area (Å²) in [4.78, 5) is 39.0. The molecule has 0 aliphatic carbocycles. The minimum Gasteiger partial charge on any atom is -0.464 e. The van der Waals surface area contributed by atoms with Crippen molar-refractivity contribution >= 4 is 17.9 Å². The Hall–Kier alpha value is -1.63. The summed E-state index contributed by atoms with van der Waals surface area (Å²) >= 11 is 0. The zero-order chi connectivity index (χ0) is 35.9. The summed E-state index contributed by atoms with van der Waals surface area (Å²) < 4.78 is 16.6. The second-order valence-corrected chi connectivity index (χ2v) is 14.2. The van der Waals surface area contributed by atoms with E-state index in [1.807, 2.05) is 0 Å². The fourth-order valence-corrected chi connectivity index (χ4v) is 6.16. The van der Waals surface area contributed by atoms with E-state index in [0.717, 1.165) is 38.5 Å². The van der Waals surface area contributed by atoms with Gasteiger partial charge in [0.05, 0.1) is 0 Å². The van der Waals surface area contributed by atoms with Crippen molar-refractivity contribution in [1.29, 1.82) is 0 Å². The quantitative estimate of drug-likeness (QED) is 0.0359. The lowest BCUT2D eigenvalue weighted by Crippen LogP contribution is -2.35. The van der Waals surface area contributed by atoms with Gasteiger partial charge in [0.25, 0.3) is 0 Å². The average molecular weight is 696 g/mol. The summed E-state index contributed by atoms with van der Waals surface area (Å²) in [5, 5.41) is 0. The van der Waals surface area contributed by atoms with Crippen LogP contribution in [0.4, 0.5) is 0 Å². The van der Waals surface area contributed by atoms with Crippen LogP contribution < -0.4 is 0 Å². The Morgan fingerprint density at radius 1 is 0.327 bits per heavy atom. The number of nitrogens with zero attached hydrogens (tertiary/aromatic N) is 1. The van der Waals surface area contributed by atoms with Crippen molar-refractivity contribution < 1.29 is 28.6 Å². The van der Waals surface area contributed by atoms with E-state index < -0.39 is 0 Å². The molecule has 290 valence electrons. The highest BCUT2D eigenvalue weighted by Gasteiger charge is 2.11. The summed E-state index contributed by atoms with van der Waals surface area (Å²) in [6.07, 6.45) is 34.2. The summed E-state index contributed by atoms with van der Waals surface area (Å²) in [7, 11) is 0. The lowest BCUT2D eigenvalue weighted by Gasteiger charge is -2.22. The molecule has 0 saturated carbocycles. The van der Waals surface area contributed by atoms with E-state index in [1.54, 1.807) is 0 Å². The van der Waals surface area contributed by atoms with Crippen molar-refractivity contribution in [2.45, 2.75) is 213 Å². The van der Waals surface area contributed by atoms with Crippen LogP contribution in [-0.2, 0) is 28.6 Å². The lowest BCUT2D eigenvalue weighted by atomic mass is 10.1. The molecule has 0 spiro atoms. The van der Waals surface area contributed by atoms with E-state index in [4.69, 9.17) is 14.2 Å². The van der Waals surface area contributed by atoms with E-state index >= 15 is 0 Å². The maximum absolute atomic E-state index is 12.3. The Bertz CT molecular complexity index is 635. The first-order valence-corrected chi connectivity index (χ1v) is 21.2. The number of hydrogen-bond acceptors (Lipinski definition) is 7. The van der Waals surface area contributed by atoms with Crippen molar-refractivity contribution in [3.05, 3.63) is 0 Å². The Balaban J connectivity index is 4.29. The minimum atomic E-state index is -0.150. The van der Waals surface area contributed by atoms with Crippen LogP contribution in [0, 0.1) is 0 Å². The molecule has 0 N–H and O–H groups in total. The van der Waals surface area contributed by atoms with Crippen LogP contribution >= 0.6 is 0 Å². The van der Waals surface area contributed by atoms with Gasteiger partial charge in [-0.05, 0) is 19.3 Å². The molecular weight excluding hydrogens is 614 g/mol. The molecule has 7 heteroatoms. The normalized spacial score (nSPS) is 11.3. The molecule has 0 saturated heterocycles. The molecule has 49 heavy (non-hydrogen) atoms. The molecule has 0 radical (unpaired) electrons. The van der Waals surface area contributed by atoms with Crippen LogP contribution in [0.2, 0.25) is 0 Å². The standard InChI is InChI=1S/C42H81NO6/c1-4-7-10-13-16-19-22-25-28-31-40(44)47-37-34-43(35-38-48-41(45)32-29-26-23-20-17-14-11-8-5-2)36-39-49-42(46)33-30-27-24-21-18-15-12-9-6-3/h4-39H2,1-3H3. The van der Waals surface area contributed by atoms with Gasteiger partial charge in [-0.25, -0.2) is 0 Å². The molecule has 0 heterocycles. The van der Waals surface area contributed by atoms with Crippen molar-refractivity contribution in [3.8, 4) is 0 Å². The second kappa shape index (κ2) is 39.2. The third-order valence-electron chi connectivity index (χ3n) is 9.47. The number of ether oxygens (including phenoxy) is 3. The molecule has 0 aromatic heterocycles. The highest BCUT2D eigenvalue weighted by atomic mass is 16.5. The smallest absolute Gasteiger partial charge is 0.305 e. The summed E-state index contributed by atoms with van der Waals surface area (Å²) in [5.74, 6) is -0.451. The van der Waals surface area contributed by atoms with E-state index in [2.05, 4.69) is 25.7 Å². The monoisotopic (exact) mass is 696 g/mol. The van der Waals surface area contributed by atoms with Gasteiger partial charge in [-0.2, -0.15) is 0 Å². The SMILES string of the molecule is CCCCCCCCCCCC(=O)OCCN(CCOC(=O)CCCCCCCCCCC)CCOC(=O)CCCCCCCCCCC. The number of carbonyl (C=O) groups excluding carboxylic acids is 3. The van der Waals surface area contributed by atoms with Crippen LogP contribution in [0.5, 0.6) is 0 Å². The second-order valence-electron chi connectivity index (χ2n) is 14.2. The third-order valence-corrected chi connectivity index (χ3v) is 9.47. The van der Waals surface area contributed by atoms with Crippen LogP contribution in [0.15, 0.2) is 0 Å². The number of carbonyl (C=O) groups is 3. The molecule has 0 aliphatic rings. The van der Waals surface area contributed by atoms with Gasteiger partial charge in [0.2, 0.25) is 0 Å². The summed E-state index contributed by atoms with van der Waals surface area (Å²) in [5.41, 5.74) is 0. The number of unbranched alkanes of at least 4 members (excludes halogenated alkanes) is 24. The average Bonchev–Trinajstić information content (AvgIpc) is 3.09. The topological polar surface area (TPSA) is 82.1 Å². The molecule has 0 unspecified atom stereocenters. The van der Waals surface area contributed by atoms with Crippen LogP contribution in [0.3, 0.4) is 0 Å². The van der Waals surface area contributed by atoms with Gasteiger partial charge in [0.15, 0.2) is 0 Å². The van der Waals surface area contributed by atoms with Crippen molar-refractivity contribution in [3.63, 3.8) is 0 Å². The van der Waals surface area contributed by atoms with E-state index in [9.17, 15) is 14.4 Å². The molecule has 7 nitrogen and oxygen atoms in total. The van der Waals surface area contributed by atoms with E-state index in [1.165, 1.54) is 135 Å².